The Balaban J connectivity index is 0.000000896. The van der Waals surface area contributed by atoms with E-state index in [1.54, 1.807) is 0 Å². The van der Waals surface area contributed by atoms with Crippen LogP contribution in [0.2, 0.25) is 5.02 Å². The minimum Gasteiger partial charge on any atom is -0.493 e. The number of aliphatic carboxylic acids is 2. The molecule has 0 bridgehead atoms. The molecular weight excluding hydrogens is 358 g/mol. The van der Waals surface area contributed by atoms with Gasteiger partial charge in [0.05, 0.1) is 6.61 Å². The van der Waals surface area contributed by atoms with Crippen molar-refractivity contribution in [3.05, 3.63) is 28.8 Å². The van der Waals surface area contributed by atoms with Gasteiger partial charge in [0, 0.05) is 10.6 Å². The molecule has 0 amide bonds. The Morgan fingerprint density at radius 1 is 1.12 bits per heavy atom. The predicted molar refractivity (Wildman–Crippen MR) is 103 cm³/mol. The molecule has 0 fully saturated rings. The van der Waals surface area contributed by atoms with Crippen molar-refractivity contribution in [2.24, 2.45) is 0 Å². The minimum atomic E-state index is -1.82. The number of carboxylic acid groups (broad SMARTS) is 2. The summed E-state index contributed by atoms with van der Waals surface area (Å²) >= 11 is 6.09. The molecule has 0 aliphatic carbocycles. The number of hydrogen-bond donors (Lipinski definition) is 3. The van der Waals surface area contributed by atoms with E-state index in [1.165, 1.54) is 18.4 Å². The average Bonchev–Trinajstić information content (AvgIpc) is 2.54. The Hall–Kier alpha value is -1.79. The van der Waals surface area contributed by atoms with E-state index < -0.39 is 11.9 Å². The normalized spacial score (nSPS) is 10.7. The minimum absolute atomic E-state index is 0.0413. The Labute approximate surface area is 160 Å². The highest BCUT2D eigenvalue weighted by molar-refractivity contribution is 6.30. The fourth-order valence-corrected chi connectivity index (χ4v) is 2.19. The number of carbonyl (C=O) groups is 2. The van der Waals surface area contributed by atoms with Crippen molar-refractivity contribution in [1.29, 1.82) is 0 Å². The zero-order valence-electron chi connectivity index (χ0n) is 16.0. The first-order valence-corrected chi connectivity index (χ1v) is 9.07. The first kappa shape index (κ1) is 24.2. The summed E-state index contributed by atoms with van der Waals surface area (Å²) in [6.07, 6.45) is 3.51. The SMILES string of the molecule is CCCCNCCCOc1ccc(Cl)cc1C(C)(C)C.O=C(O)C(=O)O. The van der Waals surface area contributed by atoms with Gasteiger partial charge in [-0.05, 0) is 49.5 Å². The van der Waals surface area contributed by atoms with Crippen LogP contribution in [0, 0.1) is 0 Å². The summed E-state index contributed by atoms with van der Waals surface area (Å²) in [5.41, 5.74) is 1.21. The number of nitrogens with one attached hydrogen (secondary N) is 1. The standard InChI is InChI=1S/C17H28ClNO.C2H2O4/c1-5-6-10-19-11-7-12-20-16-9-8-14(18)13-15(16)17(2,3)4;3-1(4)2(5)6/h8-9,13,19H,5-7,10-12H2,1-4H3;(H,3,4)(H,5,6). The highest BCUT2D eigenvalue weighted by Crippen LogP contribution is 2.33. The van der Waals surface area contributed by atoms with Crippen molar-refractivity contribution in [2.45, 2.75) is 52.4 Å². The molecule has 0 aromatic heterocycles. The molecule has 0 atom stereocenters. The van der Waals surface area contributed by atoms with E-state index in [4.69, 9.17) is 36.1 Å². The van der Waals surface area contributed by atoms with Crippen LogP contribution < -0.4 is 10.1 Å². The number of hydrogen-bond acceptors (Lipinski definition) is 4. The van der Waals surface area contributed by atoms with Crippen LogP contribution in [0.4, 0.5) is 0 Å². The maximum Gasteiger partial charge on any atom is 0.414 e. The smallest absolute Gasteiger partial charge is 0.414 e. The van der Waals surface area contributed by atoms with Crippen molar-refractivity contribution < 1.29 is 24.5 Å². The van der Waals surface area contributed by atoms with Crippen molar-refractivity contribution in [2.75, 3.05) is 19.7 Å². The number of unbranched alkanes of at least 4 members (excludes halogenated alkanes) is 1. The van der Waals surface area contributed by atoms with Crippen molar-refractivity contribution in [1.82, 2.24) is 5.32 Å². The topological polar surface area (TPSA) is 95.9 Å². The number of rotatable bonds is 8. The molecule has 0 aliphatic rings. The summed E-state index contributed by atoms with van der Waals surface area (Å²) in [5.74, 6) is -2.69. The van der Waals surface area contributed by atoms with E-state index in [9.17, 15) is 0 Å². The van der Waals surface area contributed by atoms with Gasteiger partial charge >= 0.3 is 11.9 Å². The zero-order valence-corrected chi connectivity index (χ0v) is 16.7. The molecule has 3 N–H and O–H groups in total. The summed E-state index contributed by atoms with van der Waals surface area (Å²) in [6.45, 7) is 11.6. The highest BCUT2D eigenvalue weighted by Gasteiger charge is 2.19. The molecule has 1 aromatic carbocycles. The summed E-state index contributed by atoms with van der Waals surface area (Å²) in [4.78, 5) is 18.2. The Morgan fingerprint density at radius 2 is 1.69 bits per heavy atom. The third-order valence-corrected chi connectivity index (χ3v) is 3.63. The second-order valence-electron chi connectivity index (χ2n) is 6.81. The van der Waals surface area contributed by atoms with Crippen LogP contribution in [0.1, 0.15) is 52.5 Å². The van der Waals surface area contributed by atoms with Gasteiger partial charge in [-0.3, -0.25) is 0 Å². The fourth-order valence-electron chi connectivity index (χ4n) is 2.02. The fraction of sp³-hybridized carbons (Fsp3) is 0.579. The van der Waals surface area contributed by atoms with E-state index in [0.29, 0.717) is 0 Å². The van der Waals surface area contributed by atoms with Gasteiger partial charge < -0.3 is 20.3 Å². The Kier molecular flexibility index (Phi) is 11.7. The first-order chi connectivity index (χ1) is 12.1. The van der Waals surface area contributed by atoms with E-state index in [0.717, 1.165) is 36.9 Å². The molecule has 0 unspecified atom stereocenters. The quantitative estimate of drug-likeness (QED) is 0.461. The first-order valence-electron chi connectivity index (χ1n) is 8.69. The molecule has 148 valence electrons. The second kappa shape index (κ2) is 12.5. The van der Waals surface area contributed by atoms with Crippen molar-refractivity contribution >= 4 is 23.5 Å². The average molecular weight is 388 g/mol. The molecule has 7 heteroatoms. The largest absolute Gasteiger partial charge is 0.493 e. The predicted octanol–water partition coefficient (Wildman–Crippen LogP) is 3.95. The molecule has 0 saturated carbocycles. The van der Waals surface area contributed by atoms with Crippen LogP contribution in [0.3, 0.4) is 0 Å². The number of benzene rings is 1. The molecule has 6 nitrogen and oxygen atoms in total. The van der Waals surface area contributed by atoms with Gasteiger partial charge in [-0.1, -0.05) is 45.7 Å². The monoisotopic (exact) mass is 387 g/mol. The third-order valence-electron chi connectivity index (χ3n) is 3.40. The van der Waals surface area contributed by atoms with Crippen LogP contribution in [0.25, 0.3) is 0 Å². The van der Waals surface area contributed by atoms with E-state index in [2.05, 4.69) is 33.0 Å². The number of ether oxygens (including phenoxy) is 1. The van der Waals surface area contributed by atoms with Crippen molar-refractivity contribution in [3.8, 4) is 5.75 Å². The third kappa shape index (κ3) is 10.9. The lowest BCUT2D eigenvalue weighted by Crippen LogP contribution is -2.19. The summed E-state index contributed by atoms with van der Waals surface area (Å²) in [7, 11) is 0. The molecule has 0 heterocycles. The van der Waals surface area contributed by atoms with Crippen molar-refractivity contribution in [3.63, 3.8) is 0 Å². The summed E-state index contributed by atoms with van der Waals surface area (Å²) in [6, 6.07) is 5.88. The van der Waals surface area contributed by atoms with Gasteiger partial charge in [-0.2, -0.15) is 0 Å². The van der Waals surface area contributed by atoms with Gasteiger partial charge in [0.2, 0.25) is 0 Å². The molecule has 0 aliphatic heterocycles. The zero-order chi connectivity index (χ0) is 20.2. The van der Waals surface area contributed by atoms with Gasteiger partial charge in [-0.15, -0.1) is 0 Å². The van der Waals surface area contributed by atoms with Gasteiger partial charge in [0.25, 0.3) is 0 Å². The van der Waals surface area contributed by atoms with Crippen LogP contribution in [-0.4, -0.2) is 41.8 Å². The van der Waals surface area contributed by atoms with Crippen LogP contribution in [0.15, 0.2) is 18.2 Å². The van der Waals surface area contributed by atoms with E-state index in [-0.39, 0.29) is 5.41 Å². The maximum atomic E-state index is 9.10. The van der Waals surface area contributed by atoms with Crippen LogP contribution >= 0.6 is 11.6 Å². The van der Waals surface area contributed by atoms with Crippen LogP contribution in [0.5, 0.6) is 5.75 Å². The Bertz CT molecular complexity index is 558. The lowest BCUT2D eigenvalue weighted by atomic mass is 9.86. The summed E-state index contributed by atoms with van der Waals surface area (Å²) < 4.78 is 5.93. The molecule has 26 heavy (non-hydrogen) atoms. The molecule has 0 saturated heterocycles. The molecule has 1 rings (SSSR count). The highest BCUT2D eigenvalue weighted by atomic mass is 35.5. The lowest BCUT2D eigenvalue weighted by molar-refractivity contribution is -0.159. The van der Waals surface area contributed by atoms with Gasteiger partial charge in [0.1, 0.15) is 5.75 Å². The Morgan fingerprint density at radius 3 is 2.19 bits per heavy atom. The number of halogens is 1. The molecule has 1 aromatic rings. The number of carboxylic acids is 2. The van der Waals surface area contributed by atoms with Crippen LogP contribution in [-0.2, 0) is 15.0 Å². The lowest BCUT2D eigenvalue weighted by Gasteiger charge is -2.23. The summed E-state index contributed by atoms with van der Waals surface area (Å²) in [5, 5.41) is 19.0. The van der Waals surface area contributed by atoms with E-state index >= 15 is 0 Å². The van der Waals surface area contributed by atoms with E-state index in [1.807, 2.05) is 18.2 Å². The molecular formula is C19H30ClNO5. The molecule has 0 radical (unpaired) electrons. The maximum absolute atomic E-state index is 9.10. The van der Waals surface area contributed by atoms with Gasteiger partial charge in [-0.25, -0.2) is 9.59 Å². The molecule has 0 spiro atoms. The second-order valence-corrected chi connectivity index (χ2v) is 7.24. The van der Waals surface area contributed by atoms with Gasteiger partial charge in [0.15, 0.2) is 0 Å².